The van der Waals surface area contributed by atoms with Gasteiger partial charge in [-0.2, -0.15) is 13.2 Å². The maximum Gasteiger partial charge on any atom is 0.433 e. The predicted molar refractivity (Wildman–Crippen MR) is 109 cm³/mol. The Bertz CT molecular complexity index is 1250. The van der Waals surface area contributed by atoms with Crippen LogP contribution in [-0.4, -0.2) is 35.5 Å². The average Bonchev–Trinajstić information content (AvgIpc) is 3.16. The van der Waals surface area contributed by atoms with Gasteiger partial charge in [-0.25, -0.2) is 12.8 Å². The first-order chi connectivity index (χ1) is 14.9. The van der Waals surface area contributed by atoms with E-state index in [2.05, 4.69) is 4.98 Å². The highest BCUT2D eigenvalue weighted by atomic mass is 32.2. The van der Waals surface area contributed by atoms with Gasteiger partial charge in [0.05, 0.1) is 0 Å². The first-order valence-electron chi connectivity index (χ1n) is 9.60. The van der Waals surface area contributed by atoms with Gasteiger partial charge >= 0.3 is 6.18 Å². The van der Waals surface area contributed by atoms with E-state index in [0.717, 1.165) is 24.6 Å². The second-order valence-corrected chi connectivity index (χ2v) is 10.0. The zero-order valence-electron chi connectivity index (χ0n) is 16.9. The van der Waals surface area contributed by atoms with Crippen LogP contribution in [0.15, 0.2) is 60.3 Å². The van der Waals surface area contributed by atoms with E-state index in [0.29, 0.717) is 22.3 Å². The molecule has 0 N–H and O–H groups in total. The molecule has 4 rings (SSSR count). The molecule has 0 fully saturated rings. The highest BCUT2D eigenvalue weighted by Crippen LogP contribution is 2.40. The van der Waals surface area contributed by atoms with Crippen molar-refractivity contribution in [2.75, 3.05) is 6.26 Å². The molecule has 2 aliphatic rings. The number of hydrogen-bond acceptors (Lipinski definition) is 4. The number of benzene rings is 1. The highest BCUT2D eigenvalue weighted by Gasteiger charge is 2.44. The van der Waals surface area contributed by atoms with Gasteiger partial charge in [-0.3, -0.25) is 9.78 Å². The lowest BCUT2D eigenvalue weighted by molar-refractivity contribution is -0.141. The number of halogens is 4. The Morgan fingerprint density at radius 3 is 2.41 bits per heavy atom. The summed E-state index contributed by atoms with van der Waals surface area (Å²) in [5.74, 6) is -0.636. The summed E-state index contributed by atoms with van der Waals surface area (Å²) in [6.45, 7) is -0.125. The van der Waals surface area contributed by atoms with Crippen molar-refractivity contribution in [3.63, 3.8) is 0 Å². The van der Waals surface area contributed by atoms with Crippen molar-refractivity contribution in [1.82, 2.24) is 9.88 Å². The zero-order chi connectivity index (χ0) is 23.3. The summed E-state index contributed by atoms with van der Waals surface area (Å²) >= 11 is 0. The van der Waals surface area contributed by atoms with Crippen LogP contribution < -0.4 is 0 Å². The van der Waals surface area contributed by atoms with Crippen molar-refractivity contribution >= 4 is 21.3 Å². The zero-order valence-corrected chi connectivity index (χ0v) is 17.7. The molecule has 0 bridgehead atoms. The number of fused-ring (bicyclic) bond motifs is 1. The van der Waals surface area contributed by atoms with E-state index in [-0.39, 0.29) is 18.7 Å². The van der Waals surface area contributed by atoms with Crippen LogP contribution in [-0.2, 0) is 33.9 Å². The molecule has 5 nitrogen and oxygen atoms in total. The van der Waals surface area contributed by atoms with Gasteiger partial charge in [-0.1, -0.05) is 36.4 Å². The van der Waals surface area contributed by atoms with Crippen molar-refractivity contribution in [3.05, 3.63) is 82.7 Å². The fraction of sp³-hybridized carbons (Fsp3) is 0.273. The Balaban J connectivity index is 1.72. The summed E-state index contributed by atoms with van der Waals surface area (Å²) < 4.78 is 78.4. The van der Waals surface area contributed by atoms with Gasteiger partial charge in [-0.15, -0.1) is 0 Å². The van der Waals surface area contributed by atoms with Crippen LogP contribution in [0.4, 0.5) is 17.6 Å². The van der Waals surface area contributed by atoms with E-state index in [9.17, 15) is 26.4 Å². The van der Waals surface area contributed by atoms with Crippen LogP contribution in [0.25, 0.3) is 5.57 Å². The molecule has 2 aromatic rings. The summed E-state index contributed by atoms with van der Waals surface area (Å²) in [5, 5.41) is -2.76. The molecule has 10 heteroatoms. The Kier molecular flexibility index (Phi) is 5.23. The van der Waals surface area contributed by atoms with Crippen molar-refractivity contribution in [2.24, 2.45) is 0 Å². The Morgan fingerprint density at radius 2 is 1.78 bits per heavy atom. The molecular formula is C22H18F4N2O3S. The number of carbonyl (C=O) groups excluding carboxylic acids is 1. The second kappa shape index (κ2) is 7.54. The molecule has 1 aliphatic carbocycles. The van der Waals surface area contributed by atoms with Gasteiger partial charge in [0.1, 0.15) is 5.69 Å². The molecular weight excluding hydrogens is 448 g/mol. The van der Waals surface area contributed by atoms with E-state index in [1.165, 1.54) is 11.0 Å². The fourth-order valence-electron chi connectivity index (χ4n) is 3.81. The molecule has 0 spiro atoms. The quantitative estimate of drug-likeness (QED) is 0.640. The minimum absolute atomic E-state index is 0.00719. The van der Waals surface area contributed by atoms with Crippen molar-refractivity contribution in [3.8, 4) is 0 Å². The number of nitrogens with zero attached hydrogens (tertiary/aromatic N) is 2. The third-order valence-electron chi connectivity index (χ3n) is 5.58. The third kappa shape index (κ3) is 3.94. The van der Waals surface area contributed by atoms with E-state index in [1.54, 1.807) is 30.3 Å². The lowest BCUT2D eigenvalue weighted by Crippen LogP contribution is -2.37. The van der Waals surface area contributed by atoms with Crippen molar-refractivity contribution < 1.29 is 30.8 Å². The second-order valence-electron chi connectivity index (χ2n) is 7.82. The smallest absolute Gasteiger partial charge is 0.330 e. The van der Waals surface area contributed by atoms with Gasteiger partial charge in [-0.05, 0) is 34.4 Å². The lowest BCUT2D eigenvalue weighted by atomic mass is 9.90. The SMILES string of the molecule is CS(=O)(=O)C1(F)C=CC(c2ccccc2)=C(C(=O)N2Cc3cnc(C(F)(F)F)cc3C2)C1. The molecule has 32 heavy (non-hydrogen) atoms. The van der Waals surface area contributed by atoms with Crippen LogP contribution in [0, 0.1) is 0 Å². The van der Waals surface area contributed by atoms with Crippen LogP contribution in [0.2, 0.25) is 0 Å². The van der Waals surface area contributed by atoms with E-state index in [4.69, 9.17) is 0 Å². The summed E-state index contributed by atoms with van der Waals surface area (Å²) in [5.41, 5.74) is 0.606. The van der Waals surface area contributed by atoms with Crippen LogP contribution in [0.3, 0.4) is 0 Å². The number of aromatic nitrogens is 1. The number of pyridine rings is 1. The van der Waals surface area contributed by atoms with Gasteiger partial charge in [0.25, 0.3) is 5.91 Å². The first kappa shape index (κ1) is 22.2. The molecule has 1 atom stereocenters. The molecule has 1 aliphatic heterocycles. The van der Waals surface area contributed by atoms with Crippen molar-refractivity contribution in [2.45, 2.75) is 30.7 Å². The summed E-state index contributed by atoms with van der Waals surface area (Å²) in [7, 11) is -4.19. The van der Waals surface area contributed by atoms with Gasteiger partial charge in [0.2, 0.25) is 5.00 Å². The normalized spacial score (nSPS) is 21.1. The van der Waals surface area contributed by atoms with Crippen molar-refractivity contribution in [1.29, 1.82) is 0 Å². The molecule has 168 valence electrons. The minimum atomic E-state index is -4.62. The number of rotatable bonds is 3. The summed E-state index contributed by atoms with van der Waals surface area (Å²) in [6, 6.07) is 9.51. The van der Waals surface area contributed by atoms with Gasteiger partial charge in [0.15, 0.2) is 9.84 Å². The maximum atomic E-state index is 15.3. The summed E-state index contributed by atoms with van der Waals surface area (Å²) in [6.07, 6.45) is -1.27. The van der Waals surface area contributed by atoms with Gasteiger partial charge in [0, 0.05) is 37.5 Å². The van der Waals surface area contributed by atoms with E-state index >= 15 is 4.39 Å². The molecule has 2 heterocycles. The molecule has 0 radical (unpaired) electrons. The van der Waals surface area contributed by atoms with E-state index in [1.807, 2.05) is 0 Å². The minimum Gasteiger partial charge on any atom is -0.330 e. The predicted octanol–water partition coefficient (Wildman–Crippen LogP) is 4.07. The number of carbonyl (C=O) groups is 1. The monoisotopic (exact) mass is 466 g/mol. The Labute approximate surface area is 182 Å². The average molecular weight is 466 g/mol. The summed E-state index contributed by atoms with van der Waals surface area (Å²) in [4.78, 5) is 18.1. The number of amides is 1. The number of hydrogen-bond donors (Lipinski definition) is 0. The Morgan fingerprint density at radius 1 is 1.12 bits per heavy atom. The van der Waals surface area contributed by atoms with Crippen LogP contribution in [0.1, 0.15) is 28.8 Å². The van der Waals surface area contributed by atoms with Crippen LogP contribution in [0.5, 0.6) is 0 Å². The third-order valence-corrected chi connectivity index (χ3v) is 7.10. The Hall–Kier alpha value is -3.01. The fourth-order valence-corrected chi connectivity index (χ4v) is 4.53. The van der Waals surface area contributed by atoms with Gasteiger partial charge < -0.3 is 4.90 Å². The highest BCUT2D eigenvalue weighted by molar-refractivity contribution is 7.92. The molecule has 1 aromatic heterocycles. The topological polar surface area (TPSA) is 67.3 Å². The lowest BCUT2D eigenvalue weighted by Gasteiger charge is -2.28. The number of sulfone groups is 1. The number of allylic oxidation sites excluding steroid dienone is 2. The first-order valence-corrected chi connectivity index (χ1v) is 11.5. The molecule has 1 amide bonds. The number of alkyl halides is 4. The maximum absolute atomic E-state index is 15.3. The molecule has 1 unspecified atom stereocenters. The molecule has 0 saturated carbocycles. The molecule has 1 aromatic carbocycles. The van der Waals surface area contributed by atoms with Crippen LogP contribution >= 0.6 is 0 Å². The molecule has 0 saturated heterocycles. The largest absolute Gasteiger partial charge is 0.433 e. The van der Waals surface area contributed by atoms with E-state index < -0.39 is 39.0 Å². The standard InChI is InChI=1S/C22H18F4N2O3S/c1-32(30,31)21(23)8-7-17(14-5-3-2-4-6-14)18(10-21)20(29)28-12-15-9-19(22(24,25)26)27-11-16(15)13-28/h2-9,11H,10,12-13H2,1H3.